The second-order valence-corrected chi connectivity index (χ2v) is 6.87. The number of ether oxygens (including phenoxy) is 1. The smallest absolute Gasteiger partial charge is 0.156 e. The molecule has 0 saturated heterocycles. The molecule has 0 amide bonds. The number of rotatable bonds is 5. The van der Waals surface area contributed by atoms with E-state index in [1.165, 1.54) is 0 Å². The zero-order valence-corrected chi connectivity index (χ0v) is 15.9. The molecule has 0 aliphatic carbocycles. The van der Waals surface area contributed by atoms with E-state index in [2.05, 4.69) is 37.2 Å². The van der Waals surface area contributed by atoms with Gasteiger partial charge < -0.3 is 10.1 Å². The number of hydrogen-bond acceptors (Lipinski definition) is 2. The molecular weight excluding hydrogens is 441 g/mol. The van der Waals surface area contributed by atoms with Crippen molar-refractivity contribution in [2.45, 2.75) is 13.5 Å². The molecule has 2 nitrogen and oxygen atoms in total. The molecule has 0 aliphatic heterocycles. The molecule has 0 saturated carbocycles. The van der Waals surface area contributed by atoms with Crippen molar-refractivity contribution >= 4 is 60.7 Å². The largest absolute Gasteiger partial charge is 0.491 e. The van der Waals surface area contributed by atoms with Crippen LogP contribution >= 0.6 is 55.1 Å². The van der Waals surface area contributed by atoms with E-state index in [4.69, 9.17) is 27.9 Å². The third-order valence-corrected chi connectivity index (χ3v) is 4.56. The van der Waals surface area contributed by atoms with E-state index in [-0.39, 0.29) is 0 Å². The van der Waals surface area contributed by atoms with Crippen molar-refractivity contribution < 1.29 is 4.74 Å². The summed E-state index contributed by atoms with van der Waals surface area (Å²) in [7, 11) is 0. The lowest BCUT2D eigenvalue weighted by molar-refractivity contribution is 0.339. The van der Waals surface area contributed by atoms with Gasteiger partial charge in [0.05, 0.1) is 16.8 Å². The van der Waals surface area contributed by atoms with Crippen LogP contribution in [0.1, 0.15) is 12.5 Å². The van der Waals surface area contributed by atoms with Crippen molar-refractivity contribution in [3.63, 3.8) is 0 Å². The average Bonchev–Trinajstić information content (AvgIpc) is 2.41. The van der Waals surface area contributed by atoms with Gasteiger partial charge in [-0.2, -0.15) is 0 Å². The number of hydrogen-bond donors (Lipinski definition) is 1. The van der Waals surface area contributed by atoms with Gasteiger partial charge in [0.1, 0.15) is 0 Å². The molecule has 21 heavy (non-hydrogen) atoms. The van der Waals surface area contributed by atoms with Crippen molar-refractivity contribution in [1.82, 2.24) is 0 Å². The lowest BCUT2D eigenvalue weighted by atomic mass is 10.2. The zero-order chi connectivity index (χ0) is 15.4. The van der Waals surface area contributed by atoms with E-state index in [1.54, 1.807) is 0 Å². The first-order valence-electron chi connectivity index (χ1n) is 6.31. The molecule has 2 aromatic rings. The number of anilines is 1. The third-order valence-electron chi connectivity index (χ3n) is 2.78. The van der Waals surface area contributed by atoms with Crippen LogP contribution in [0.2, 0.25) is 10.0 Å². The molecule has 112 valence electrons. The SMILES string of the molecule is CCOc1c(Br)cc(Cl)cc1NCc1ccc(Cl)cc1Br. The Morgan fingerprint density at radius 2 is 1.76 bits per heavy atom. The summed E-state index contributed by atoms with van der Waals surface area (Å²) in [4.78, 5) is 0. The van der Waals surface area contributed by atoms with Gasteiger partial charge in [0.2, 0.25) is 0 Å². The summed E-state index contributed by atoms with van der Waals surface area (Å²) in [5.74, 6) is 0.756. The Morgan fingerprint density at radius 3 is 2.43 bits per heavy atom. The van der Waals surface area contributed by atoms with Crippen LogP contribution in [0.15, 0.2) is 39.3 Å². The first kappa shape index (κ1) is 16.9. The fourth-order valence-corrected chi connectivity index (χ4v) is 3.59. The highest BCUT2D eigenvalue weighted by molar-refractivity contribution is 9.10. The lowest BCUT2D eigenvalue weighted by Gasteiger charge is -2.15. The third kappa shape index (κ3) is 4.52. The molecule has 2 aromatic carbocycles. The van der Waals surface area contributed by atoms with Gasteiger partial charge in [-0.15, -0.1) is 0 Å². The summed E-state index contributed by atoms with van der Waals surface area (Å²) in [6.45, 7) is 3.16. The minimum absolute atomic E-state index is 0.583. The van der Waals surface area contributed by atoms with Gasteiger partial charge in [-0.25, -0.2) is 0 Å². The minimum atomic E-state index is 0.583. The minimum Gasteiger partial charge on any atom is -0.491 e. The van der Waals surface area contributed by atoms with E-state index in [0.717, 1.165) is 25.9 Å². The molecule has 2 rings (SSSR count). The van der Waals surface area contributed by atoms with Crippen LogP contribution in [0.5, 0.6) is 5.75 Å². The van der Waals surface area contributed by atoms with Crippen molar-refractivity contribution in [3.8, 4) is 5.75 Å². The maximum atomic E-state index is 6.10. The number of nitrogens with one attached hydrogen (secondary N) is 1. The Kier molecular flexibility index (Phi) is 6.23. The van der Waals surface area contributed by atoms with Gasteiger partial charge in [-0.05, 0) is 52.7 Å². The van der Waals surface area contributed by atoms with Gasteiger partial charge in [0.25, 0.3) is 0 Å². The Labute approximate surface area is 151 Å². The number of halogens is 4. The first-order valence-corrected chi connectivity index (χ1v) is 8.65. The van der Waals surface area contributed by atoms with E-state index >= 15 is 0 Å². The predicted octanol–water partition coefficient (Wildman–Crippen LogP) is 6.53. The Bertz CT molecular complexity index is 650. The maximum absolute atomic E-state index is 6.10. The van der Waals surface area contributed by atoms with E-state index in [1.807, 2.05) is 37.3 Å². The first-order chi connectivity index (χ1) is 10.0. The van der Waals surface area contributed by atoms with Crippen molar-refractivity contribution in [2.75, 3.05) is 11.9 Å². The molecule has 0 fully saturated rings. The summed E-state index contributed by atoms with van der Waals surface area (Å²) in [6, 6.07) is 9.37. The molecule has 1 N–H and O–H groups in total. The molecular formula is C15H13Br2Cl2NO. The Morgan fingerprint density at radius 1 is 1.05 bits per heavy atom. The fourth-order valence-electron chi connectivity index (χ4n) is 1.84. The topological polar surface area (TPSA) is 21.3 Å². The summed E-state index contributed by atoms with van der Waals surface area (Å²) >= 11 is 19.0. The molecule has 0 aliphatic rings. The average molecular weight is 454 g/mol. The van der Waals surface area contributed by atoms with Crippen LogP contribution in [0.4, 0.5) is 5.69 Å². The molecule has 0 heterocycles. The molecule has 0 spiro atoms. The molecule has 0 aromatic heterocycles. The summed E-state index contributed by atoms with van der Waals surface area (Å²) in [6.07, 6.45) is 0. The second-order valence-electron chi connectivity index (χ2n) is 4.29. The van der Waals surface area contributed by atoms with Crippen LogP contribution in [-0.2, 0) is 6.54 Å². The van der Waals surface area contributed by atoms with Gasteiger partial charge in [-0.1, -0.05) is 45.2 Å². The maximum Gasteiger partial charge on any atom is 0.156 e. The van der Waals surface area contributed by atoms with Gasteiger partial charge in [-0.3, -0.25) is 0 Å². The van der Waals surface area contributed by atoms with Crippen LogP contribution in [-0.4, -0.2) is 6.61 Å². The van der Waals surface area contributed by atoms with Crippen molar-refractivity contribution in [2.24, 2.45) is 0 Å². The van der Waals surface area contributed by atoms with Crippen LogP contribution in [0.25, 0.3) is 0 Å². The summed E-state index contributed by atoms with van der Waals surface area (Å²) < 4.78 is 7.45. The number of benzene rings is 2. The van der Waals surface area contributed by atoms with Gasteiger partial charge in [0.15, 0.2) is 5.75 Å². The molecule has 0 radical (unpaired) electrons. The van der Waals surface area contributed by atoms with Gasteiger partial charge in [0, 0.05) is 21.1 Å². The normalized spacial score (nSPS) is 10.5. The van der Waals surface area contributed by atoms with E-state index in [0.29, 0.717) is 23.2 Å². The lowest BCUT2D eigenvalue weighted by Crippen LogP contribution is -2.04. The monoisotopic (exact) mass is 451 g/mol. The fraction of sp³-hybridized carbons (Fsp3) is 0.200. The molecule has 0 bridgehead atoms. The quantitative estimate of drug-likeness (QED) is 0.555. The second kappa shape index (κ2) is 7.73. The van der Waals surface area contributed by atoms with E-state index < -0.39 is 0 Å². The molecule has 0 atom stereocenters. The Balaban J connectivity index is 2.22. The standard InChI is InChI=1S/C15H13Br2Cl2NO/c1-2-21-15-13(17)6-11(19)7-14(15)20-8-9-3-4-10(18)5-12(9)16/h3-7,20H,2,8H2,1H3. The zero-order valence-electron chi connectivity index (χ0n) is 11.2. The highest BCUT2D eigenvalue weighted by Crippen LogP contribution is 2.37. The summed E-state index contributed by atoms with van der Waals surface area (Å²) in [5, 5.41) is 4.69. The van der Waals surface area contributed by atoms with Crippen molar-refractivity contribution in [3.05, 3.63) is 54.9 Å². The van der Waals surface area contributed by atoms with Crippen LogP contribution in [0, 0.1) is 0 Å². The summed E-state index contributed by atoms with van der Waals surface area (Å²) in [5.41, 5.74) is 1.94. The van der Waals surface area contributed by atoms with Gasteiger partial charge >= 0.3 is 0 Å². The highest BCUT2D eigenvalue weighted by atomic mass is 79.9. The van der Waals surface area contributed by atoms with Crippen molar-refractivity contribution in [1.29, 1.82) is 0 Å². The Hall–Kier alpha value is -0.420. The molecule has 0 unspecified atom stereocenters. The van der Waals surface area contributed by atoms with E-state index in [9.17, 15) is 0 Å². The predicted molar refractivity (Wildman–Crippen MR) is 96.8 cm³/mol. The highest BCUT2D eigenvalue weighted by Gasteiger charge is 2.10. The van der Waals surface area contributed by atoms with Crippen LogP contribution < -0.4 is 10.1 Å². The van der Waals surface area contributed by atoms with Crippen LogP contribution in [0.3, 0.4) is 0 Å². The molecule has 6 heteroatoms.